The molecule has 0 aliphatic carbocycles. The zero-order valence-electron chi connectivity index (χ0n) is 15.9. The fraction of sp³-hybridized carbons (Fsp3) is 0.333. The van der Waals surface area contributed by atoms with E-state index in [2.05, 4.69) is 22.0 Å². The third-order valence-electron chi connectivity index (χ3n) is 3.70. The van der Waals surface area contributed by atoms with Crippen molar-refractivity contribution in [1.82, 2.24) is 14.7 Å². The van der Waals surface area contributed by atoms with Crippen molar-refractivity contribution in [3.8, 4) is 11.8 Å². The SMILES string of the molecule is CC.CC(O)c1nccn1Cc1cc(C#Cc2ccc(CCO)cc2)on1. The summed E-state index contributed by atoms with van der Waals surface area (Å²) in [7, 11) is 0. The number of hydrogen-bond donors (Lipinski definition) is 2. The molecule has 2 aromatic heterocycles. The van der Waals surface area contributed by atoms with E-state index in [1.807, 2.05) is 42.7 Å². The molecule has 0 bridgehead atoms. The van der Waals surface area contributed by atoms with E-state index in [4.69, 9.17) is 9.63 Å². The van der Waals surface area contributed by atoms with Crippen LogP contribution in [0.1, 0.15) is 55.3 Å². The minimum atomic E-state index is -0.644. The number of nitrogens with zero attached hydrogens (tertiary/aromatic N) is 3. The maximum absolute atomic E-state index is 9.68. The first-order chi connectivity index (χ1) is 13.2. The van der Waals surface area contributed by atoms with Gasteiger partial charge in [0.1, 0.15) is 17.6 Å². The highest BCUT2D eigenvalue weighted by molar-refractivity contribution is 5.40. The van der Waals surface area contributed by atoms with Gasteiger partial charge < -0.3 is 19.3 Å². The minimum Gasteiger partial charge on any atom is -0.396 e. The Labute approximate surface area is 159 Å². The maximum atomic E-state index is 9.68. The number of benzene rings is 1. The Morgan fingerprint density at radius 1 is 1.19 bits per heavy atom. The van der Waals surface area contributed by atoms with Gasteiger partial charge in [-0.15, -0.1) is 0 Å². The summed E-state index contributed by atoms with van der Waals surface area (Å²) in [5, 5.41) is 22.6. The lowest BCUT2D eigenvalue weighted by Gasteiger charge is -2.07. The summed E-state index contributed by atoms with van der Waals surface area (Å²) in [6, 6.07) is 9.50. The lowest BCUT2D eigenvalue weighted by atomic mass is 10.1. The molecule has 2 heterocycles. The Balaban J connectivity index is 0.00000126. The fourth-order valence-corrected chi connectivity index (χ4v) is 2.46. The first-order valence-corrected chi connectivity index (χ1v) is 9.02. The molecule has 0 saturated heterocycles. The average Bonchev–Trinajstić information content (AvgIpc) is 3.33. The van der Waals surface area contributed by atoms with Gasteiger partial charge in [0, 0.05) is 30.6 Å². The van der Waals surface area contributed by atoms with Gasteiger partial charge in [0.2, 0.25) is 5.76 Å². The summed E-state index contributed by atoms with van der Waals surface area (Å²) >= 11 is 0. The lowest BCUT2D eigenvalue weighted by molar-refractivity contribution is 0.184. The van der Waals surface area contributed by atoms with E-state index in [0.29, 0.717) is 30.2 Å². The molecule has 1 aromatic carbocycles. The van der Waals surface area contributed by atoms with E-state index in [0.717, 1.165) is 11.1 Å². The molecule has 0 aliphatic heterocycles. The molecule has 0 spiro atoms. The molecule has 2 N–H and O–H groups in total. The Morgan fingerprint density at radius 2 is 1.93 bits per heavy atom. The highest BCUT2D eigenvalue weighted by Crippen LogP contribution is 2.12. The monoisotopic (exact) mass is 367 g/mol. The highest BCUT2D eigenvalue weighted by atomic mass is 16.5. The Morgan fingerprint density at radius 3 is 2.59 bits per heavy atom. The van der Waals surface area contributed by atoms with Crippen molar-refractivity contribution in [3.63, 3.8) is 0 Å². The van der Waals surface area contributed by atoms with E-state index in [-0.39, 0.29) is 6.61 Å². The van der Waals surface area contributed by atoms with Crippen molar-refractivity contribution in [2.24, 2.45) is 0 Å². The third-order valence-corrected chi connectivity index (χ3v) is 3.70. The molecule has 27 heavy (non-hydrogen) atoms. The van der Waals surface area contributed by atoms with E-state index in [1.54, 1.807) is 25.4 Å². The van der Waals surface area contributed by atoms with Crippen LogP contribution in [0.3, 0.4) is 0 Å². The van der Waals surface area contributed by atoms with Crippen LogP contribution in [-0.4, -0.2) is 31.5 Å². The number of imidazole rings is 1. The molecule has 0 radical (unpaired) electrons. The van der Waals surface area contributed by atoms with E-state index < -0.39 is 6.10 Å². The Hall–Kier alpha value is -2.88. The summed E-state index contributed by atoms with van der Waals surface area (Å²) in [4.78, 5) is 4.13. The molecular weight excluding hydrogens is 342 g/mol. The van der Waals surface area contributed by atoms with Crippen LogP contribution < -0.4 is 0 Å². The van der Waals surface area contributed by atoms with Crippen LogP contribution in [-0.2, 0) is 13.0 Å². The lowest BCUT2D eigenvalue weighted by Crippen LogP contribution is -2.07. The summed E-state index contributed by atoms with van der Waals surface area (Å²) in [5.74, 6) is 7.04. The van der Waals surface area contributed by atoms with Crippen LogP contribution in [0.15, 0.2) is 47.2 Å². The van der Waals surface area contributed by atoms with Crippen LogP contribution in [0.2, 0.25) is 0 Å². The molecule has 3 rings (SSSR count). The van der Waals surface area contributed by atoms with Gasteiger partial charge >= 0.3 is 0 Å². The molecule has 6 nitrogen and oxygen atoms in total. The quantitative estimate of drug-likeness (QED) is 0.678. The van der Waals surface area contributed by atoms with Gasteiger partial charge in [-0.25, -0.2) is 4.98 Å². The van der Waals surface area contributed by atoms with Crippen LogP contribution in [0.25, 0.3) is 0 Å². The van der Waals surface area contributed by atoms with Gasteiger partial charge in [0.05, 0.1) is 6.54 Å². The number of rotatable bonds is 5. The molecule has 1 unspecified atom stereocenters. The third kappa shape index (κ3) is 5.81. The first-order valence-electron chi connectivity index (χ1n) is 9.02. The van der Waals surface area contributed by atoms with Crippen LogP contribution in [0, 0.1) is 11.8 Å². The molecule has 0 aliphatic rings. The number of aliphatic hydroxyl groups excluding tert-OH is 2. The predicted molar refractivity (Wildman–Crippen MR) is 103 cm³/mol. The van der Waals surface area contributed by atoms with Gasteiger partial charge in [-0.1, -0.05) is 37.1 Å². The number of aromatic nitrogens is 3. The van der Waals surface area contributed by atoms with Crippen LogP contribution in [0.5, 0.6) is 0 Å². The average molecular weight is 367 g/mol. The van der Waals surface area contributed by atoms with Gasteiger partial charge in [-0.05, 0) is 37.0 Å². The largest absolute Gasteiger partial charge is 0.396 e. The highest BCUT2D eigenvalue weighted by Gasteiger charge is 2.10. The molecule has 0 saturated carbocycles. The minimum absolute atomic E-state index is 0.138. The molecule has 3 aromatic rings. The van der Waals surface area contributed by atoms with Gasteiger partial charge in [-0.2, -0.15) is 0 Å². The Kier molecular flexibility index (Phi) is 7.80. The second-order valence-corrected chi connectivity index (χ2v) is 5.69. The molecule has 1 atom stereocenters. The van der Waals surface area contributed by atoms with Crippen molar-refractivity contribution in [2.75, 3.05) is 6.61 Å². The van der Waals surface area contributed by atoms with Crippen molar-refractivity contribution >= 4 is 0 Å². The zero-order valence-corrected chi connectivity index (χ0v) is 15.9. The summed E-state index contributed by atoms with van der Waals surface area (Å²) in [6.07, 6.45) is 3.43. The van der Waals surface area contributed by atoms with Crippen molar-refractivity contribution in [2.45, 2.75) is 39.8 Å². The fourth-order valence-electron chi connectivity index (χ4n) is 2.46. The van der Waals surface area contributed by atoms with Crippen molar-refractivity contribution < 1.29 is 14.7 Å². The van der Waals surface area contributed by atoms with Crippen LogP contribution in [0.4, 0.5) is 0 Å². The normalized spacial score (nSPS) is 11.1. The van der Waals surface area contributed by atoms with Gasteiger partial charge in [-0.3, -0.25) is 0 Å². The Bertz CT molecular complexity index is 883. The van der Waals surface area contributed by atoms with Crippen molar-refractivity contribution in [1.29, 1.82) is 0 Å². The second-order valence-electron chi connectivity index (χ2n) is 5.69. The molecule has 0 amide bonds. The first kappa shape index (κ1) is 20.4. The summed E-state index contributed by atoms with van der Waals surface area (Å²) in [5.41, 5.74) is 2.65. The summed E-state index contributed by atoms with van der Waals surface area (Å²) < 4.78 is 7.06. The summed E-state index contributed by atoms with van der Waals surface area (Å²) in [6.45, 7) is 6.27. The van der Waals surface area contributed by atoms with E-state index in [9.17, 15) is 5.11 Å². The van der Waals surface area contributed by atoms with E-state index in [1.165, 1.54) is 0 Å². The molecule has 0 fully saturated rings. The topological polar surface area (TPSA) is 84.3 Å². The number of aliphatic hydroxyl groups is 2. The molecule has 142 valence electrons. The van der Waals surface area contributed by atoms with Crippen molar-refractivity contribution in [3.05, 3.63) is 71.1 Å². The van der Waals surface area contributed by atoms with E-state index >= 15 is 0 Å². The van der Waals surface area contributed by atoms with Gasteiger partial charge in [0.15, 0.2) is 0 Å². The smallest absolute Gasteiger partial charge is 0.210 e. The molecule has 6 heteroatoms. The standard InChI is InChI=1S/C19H19N3O3.C2H6/c1-14(24)19-20-9-10-22(19)13-17-12-18(25-21-17)7-6-15-2-4-16(5-3-15)8-11-23;1-2/h2-5,9-10,12,14,23-24H,8,11,13H2,1H3;1-2H3. The zero-order chi connectivity index (χ0) is 19.6. The predicted octanol–water partition coefficient (Wildman–Crippen LogP) is 2.93. The molecular formula is C21H25N3O3. The van der Waals surface area contributed by atoms with Gasteiger partial charge in [0.25, 0.3) is 0 Å². The maximum Gasteiger partial charge on any atom is 0.210 e. The second kappa shape index (κ2) is 10.3. The van der Waals surface area contributed by atoms with Crippen LogP contribution >= 0.6 is 0 Å². The number of hydrogen-bond acceptors (Lipinski definition) is 5.